The van der Waals surface area contributed by atoms with Crippen LogP contribution in [0.25, 0.3) is 11.0 Å². The lowest BCUT2D eigenvalue weighted by atomic mass is 9.65. The number of fused-ring (bicyclic) bond motifs is 1. The molecule has 2 aromatic rings. The van der Waals surface area contributed by atoms with Crippen molar-refractivity contribution in [3.63, 3.8) is 0 Å². The van der Waals surface area contributed by atoms with Crippen LogP contribution in [0.2, 0.25) is 0 Å². The zero-order chi connectivity index (χ0) is 25.9. The number of aliphatic hydroxyl groups excluding tert-OH is 2. The fourth-order valence-corrected chi connectivity index (χ4v) is 4.96. The van der Waals surface area contributed by atoms with Crippen molar-refractivity contribution in [2.24, 2.45) is 17.3 Å². The third kappa shape index (κ3) is 7.23. The lowest BCUT2D eigenvalue weighted by Gasteiger charge is -2.44. The van der Waals surface area contributed by atoms with E-state index < -0.39 is 24.1 Å². The van der Waals surface area contributed by atoms with Crippen LogP contribution in [0.5, 0.6) is 0 Å². The number of rotatable bonds is 8. The molecule has 0 radical (unpaired) electrons. The van der Waals surface area contributed by atoms with Gasteiger partial charge in [0.1, 0.15) is 30.4 Å². The maximum atomic E-state index is 12.6. The lowest BCUT2D eigenvalue weighted by Crippen LogP contribution is -2.45. The van der Waals surface area contributed by atoms with Crippen molar-refractivity contribution >= 4 is 45.6 Å². The lowest BCUT2D eigenvalue weighted by molar-refractivity contribution is -0.152. The molecule has 0 bridgehead atoms. The van der Waals surface area contributed by atoms with Gasteiger partial charge in [-0.1, -0.05) is 27.4 Å². The van der Waals surface area contributed by atoms with E-state index in [1.807, 2.05) is 18.2 Å². The van der Waals surface area contributed by atoms with Gasteiger partial charge in [0.15, 0.2) is 0 Å². The highest BCUT2D eigenvalue weighted by molar-refractivity contribution is 14.1. The Morgan fingerprint density at radius 2 is 1.86 bits per heavy atom. The summed E-state index contributed by atoms with van der Waals surface area (Å²) in [6, 6.07) is 5.45. The second-order valence-electron chi connectivity index (χ2n) is 10.4. The Balaban J connectivity index is 1.66. The van der Waals surface area contributed by atoms with Crippen LogP contribution in [-0.4, -0.2) is 62.6 Å². The van der Waals surface area contributed by atoms with Gasteiger partial charge in [-0.15, -0.1) is 0 Å². The summed E-state index contributed by atoms with van der Waals surface area (Å²) in [6.45, 7) is 10.7. The molecule has 0 amide bonds. The molecule has 1 saturated carbocycles. The van der Waals surface area contributed by atoms with Crippen molar-refractivity contribution in [2.45, 2.75) is 65.2 Å². The Labute approximate surface area is 219 Å². The first kappa shape index (κ1) is 27.5. The van der Waals surface area contributed by atoms with Gasteiger partial charge in [0.05, 0.1) is 12.1 Å². The molecule has 0 aliphatic heterocycles. The van der Waals surface area contributed by atoms with Gasteiger partial charge >= 0.3 is 11.9 Å². The van der Waals surface area contributed by atoms with E-state index in [4.69, 9.17) is 9.47 Å². The Kier molecular flexibility index (Phi) is 8.92. The van der Waals surface area contributed by atoms with Crippen molar-refractivity contribution in [2.75, 3.05) is 13.2 Å². The molecule has 1 aliphatic rings. The van der Waals surface area contributed by atoms with Crippen LogP contribution in [0.4, 0.5) is 0 Å². The maximum absolute atomic E-state index is 12.6. The smallest absolute Gasteiger partial charge is 0.333 e. The second-order valence-corrected chi connectivity index (χ2v) is 11.7. The van der Waals surface area contributed by atoms with Crippen LogP contribution in [0, 0.1) is 20.8 Å². The molecule has 1 aromatic heterocycles. The molecule has 1 heterocycles. The summed E-state index contributed by atoms with van der Waals surface area (Å²) >= 11 is 2.23. The summed E-state index contributed by atoms with van der Waals surface area (Å²) in [5.41, 5.74) is 1.56. The van der Waals surface area contributed by atoms with Crippen molar-refractivity contribution in [3.8, 4) is 0 Å². The molecule has 1 aromatic carbocycles. The van der Waals surface area contributed by atoms with E-state index in [9.17, 15) is 19.8 Å². The van der Waals surface area contributed by atoms with Crippen molar-refractivity contribution < 1.29 is 29.3 Å². The van der Waals surface area contributed by atoms with Gasteiger partial charge in [0.25, 0.3) is 0 Å². The minimum absolute atomic E-state index is 0.0484. The van der Waals surface area contributed by atoms with Crippen LogP contribution >= 0.6 is 22.6 Å². The summed E-state index contributed by atoms with van der Waals surface area (Å²) in [4.78, 5) is 25.6. The molecule has 9 nitrogen and oxygen atoms in total. The minimum Gasteiger partial charge on any atom is -0.463 e. The standard InChI is InChI=1S/C25H34IN3O6/c1-14(2)24(33)35-13-17(30)12-34-22(31)10-15-8-18(25(3,4)5)23(32)21(9-15)29-27-19-7-6-16(26)11-20(19)28-29/h6-7,11,15,17-18,21,23,30,32H,1,8-10,12-13H2,2-5H3. The SMILES string of the molecule is C=C(C)C(=O)OCC(O)COC(=O)CC1CC(n2nc3ccc(I)cc3n2)C(O)C(C(C)(C)C)C1. The number of aliphatic hydroxyl groups is 2. The summed E-state index contributed by atoms with van der Waals surface area (Å²) in [7, 11) is 0. The normalized spacial score (nSPS) is 23.6. The largest absolute Gasteiger partial charge is 0.463 e. The number of esters is 2. The molecule has 1 aliphatic carbocycles. The molecular weight excluding hydrogens is 565 g/mol. The van der Waals surface area contributed by atoms with Crippen molar-refractivity contribution in [1.82, 2.24) is 15.0 Å². The highest BCUT2D eigenvalue weighted by Crippen LogP contribution is 2.45. The first-order valence-electron chi connectivity index (χ1n) is 11.7. The average molecular weight is 599 g/mol. The molecule has 2 N–H and O–H groups in total. The number of halogens is 1. The Bertz CT molecular complexity index is 1080. The van der Waals surface area contributed by atoms with Crippen LogP contribution < -0.4 is 0 Å². The predicted molar refractivity (Wildman–Crippen MR) is 138 cm³/mol. The molecule has 35 heavy (non-hydrogen) atoms. The van der Waals surface area contributed by atoms with Gasteiger partial charge in [0, 0.05) is 15.6 Å². The monoisotopic (exact) mass is 599 g/mol. The van der Waals surface area contributed by atoms with Gasteiger partial charge in [-0.3, -0.25) is 4.79 Å². The molecule has 1 fully saturated rings. The third-order valence-corrected chi connectivity index (χ3v) is 7.05. The van der Waals surface area contributed by atoms with E-state index in [1.165, 1.54) is 6.92 Å². The predicted octanol–water partition coefficient (Wildman–Crippen LogP) is 3.42. The van der Waals surface area contributed by atoms with E-state index in [0.717, 1.165) is 14.6 Å². The number of nitrogens with zero attached hydrogens (tertiary/aromatic N) is 3. The van der Waals surface area contributed by atoms with E-state index in [0.29, 0.717) is 12.8 Å². The highest BCUT2D eigenvalue weighted by Gasteiger charge is 2.44. The number of aromatic nitrogens is 3. The first-order chi connectivity index (χ1) is 16.3. The van der Waals surface area contributed by atoms with Gasteiger partial charge in [0.2, 0.25) is 0 Å². The Morgan fingerprint density at radius 3 is 2.51 bits per heavy atom. The summed E-state index contributed by atoms with van der Waals surface area (Å²) in [5.74, 6) is -1.17. The third-order valence-electron chi connectivity index (χ3n) is 6.38. The fourth-order valence-electron chi connectivity index (χ4n) is 4.49. The van der Waals surface area contributed by atoms with E-state index in [1.54, 1.807) is 4.80 Å². The zero-order valence-electron chi connectivity index (χ0n) is 20.6. The molecule has 3 rings (SSSR count). The second kappa shape index (κ2) is 11.3. The van der Waals surface area contributed by atoms with Crippen molar-refractivity contribution in [3.05, 3.63) is 33.9 Å². The number of ether oxygens (including phenoxy) is 2. The summed E-state index contributed by atoms with van der Waals surface area (Å²) in [6.07, 6.45) is -0.442. The Hall–Kier alpha value is -2.05. The van der Waals surface area contributed by atoms with Crippen LogP contribution in [-0.2, 0) is 19.1 Å². The number of benzene rings is 1. The van der Waals surface area contributed by atoms with Gasteiger partial charge in [-0.25, -0.2) is 4.79 Å². The molecule has 192 valence electrons. The number of hydrogen-bond acceptors (Lipinski definition) is 8. The van der Waals surface area contributed by atoms with E-state index >= 15 is 0 Å². The zero-order valence-corrected chi connectivity index (χ0v) is 22.8. The molecule has 0 spiro atoms. The fraction of sp³-hybridized carbons (Fsp3) is 0.600. The minimum atomic E-state index is -1.12. The number of carbonyl (C=O) groups is 2. The maximum Gasteiger partial charge on any atom is 0.333 e. The topological polar surface area (TPSA) is 124 Å². The van der Waals surface area contributed by atoms with E-state index in [2.05, 4.69) is 60.1 Å². The highest BCUT2D eigenvalue weighted by atomic mass is 127. The number of carbonyl (C=O) groups excluding carboxylic acids is 2. The summed E-state index contributed by atoms with van der Waals surface area (Å²) in [5, 5.41) is 30.5. The van der Waals surface area contributed by atoms with Crippen LogP contribution in [0.3, 0.4) is 0 Å². The van der Waals surface area contributed by atoms with Crippen molar-refractivity contribution in [1.29, 1.82) is 0 Å². The van der Waals surface area contributed by atoms with Gasteiger partial charge in [-0.2, -0.15) is 15.0 Å². The quantitative estimate of drug-likeness (QED) is 0.269. The first-order valence-corrected chi connectivity index (χ1v) is 12.8. The van der Waals surface area contributed by atoms with Crippen LogP contribution in [0.15, 0.2) is 30.4 Å². The van der Waals surface area contributed by atoms with Crippen LogP contribution in [0.1, 0.15) is 53.0 Å². The van der Waals surface area contributed by atoms with Gasteiger partial charge in [-0.05, 0) is 77.8 Å². The molecular formula is C25H34IN3O6. The van der Waals surface area contributed by atoms with Gasteiger partial charge < -0.3 is 19.7 Å². The molecule has 0 saturated heterocycles. The molecule has 5 atom stereocenters. The Morgan fingerprint density at radius 1 is 1.20 bits per heavy atom. The average Bonchev–Trinajstić information content (AvgIpc) is 3.19. The molecule has 5 unspecified atom stereocenters. The summed E-state index contributed by atoms with van der Waals surface area (Å²) < 4.78 is 11.2. The molecule has 10 heteroatoms. The van der Waals surface area contributed by atoms with E-state index in [-0.39, 0.29) is 48.5 Å². The number of hydrogen-bond donors (Lipinski definition) is 2.